The first kappa shape index (κ1) is 34.5. The summed E-state index contributed by atoms with van der Waals surface area (Å²) in [6.07, 6.45) is 0. The van der Waals surface area contributed by atoms with Gasteiger partial charge in [0.2, 0.25) is 0 Å². The molecule has 290 valence electrons. The number of nitrogens with zero attached hydrogens (tertiary/aromatic N) is 3. The molecule has 0 amide bonds. The fraction of sp³-hybridized carbons (Fsp3) is 0. The van der Waals surface area contributed by atoms with Crippen LogP contribution in [0, 0.1) is 0 Å². The second-order valence-corrected chi connectivity index (χ2v) is 16.1. The summed E-state index contributed by atoms with van der Waals surface area (Å²) in [5.74, 6) is 0. The average molecular weight is 792 g/mol. The lowest BCUT2D eigenvalue weighted by molar-refractivity contribution is 0.669. The van der Waals surface area contributed by atoms with Gasteiger partial charge in [0, 0.05) is 60.6 Å². The van der Waals surface area contributed by atoms with Crippen molar-refractivity contribution in [1.29, 1.82) is 0 Å². The van der Waals surface area contributed by atoms with Gasteiger partial charge in [0.05, 0.1) is 27.8 Å². The predicted octanol–water partition coefficient (Wildman–Crippen LogP) is 16.1. The van der Waals surface area contributed by atoms with Gasteiger partial charge in [0.25, 0.3) is 0 Å². The molecule has 4 heteroatoms. The first-order chi connectivity index (χ1) is 30.7. The molecule has 0 aliphatic carbocycles. The Morgan fingerprint density at radius 3 is 1.29 bits per heavy atom. The number of fused-ring (bicyclic) bond motifs is 10. The van der Waals surface area contributed by atoms with E-state index in [9.17, 15) is 0 Å². The smallest absolute Gasteiger partial charge is 0.136 e. The van der Waals surface area contributed by atoms with Gasteiger partial charge < -0.3 is 18.5 Å². The summed E-state index contributed by atoms with van der Waals surface area (Å²) in [6.45, 7) is 0. The van der Waals surface area contributed by atoms with Crippen LogP contribution in [-0.4, -0.2) is 9.13 Å². The highest BCUT2D eigenvalue weighted by atomic mass is 16.3. The van der Waals surface area contributed by atoms with E-state index in [2.05, 4.69) is 238 Å². The maximum Gasteiger partial charge on any atom is 0.136 e. The van der Waals surface area contributed by atoms with Crippen LogP contribution in [0.3, 0.4) is 0 Å². The fourth-order valence-electron chi connectivity index (χ4n) is 9.87. The molecule has 0 radical (unpaired) electrons. The standard InChI is InChI=1S/C58H37N3O/c1-2-14-39-37-58-51(35-38(39)13-1)50-36-40(25-34-57(50)62-58)45-15-3-8-20-52(45)59(41-26-30-43(31-27-41)60-53-21-9-4-16-46(53)47-17-5-10-22-54(47)60)42-28-32-44(33-29-42)61-55-23-11-6-18-48(55)49-19-7-12-24-56(49)61/h1-37H. The highest BCUT2D eigenvalue weighted by Gasteiger charge is 2.20. The third-order valence-corrected chi connectivity index (χ3v) is 12.7. The van der Waals surface area contributed by atoms with Crippen molar-refractivity contribution in [3.63, 3.8) is 0 Å². The van der Waals surface area contributed by atoms with Crippen LogP contribution in [0.5, 0.6) is 0 Å². The molecular formula is C58H37N3O. The van der Waals surface area contributed by atoms with Crippen LogP contribution in [0.1, 0.15) is 0 Å². The van der Waals surface area contributed by atoms with Gasteiger partial charge >= 0.3 is 0 Å². The van der Waals surface area contributed by atoms with E-state index >= 15 is 0 Å². The minimum absolute atomic E-state index is 0.884. The minimum Gasteiger partial charge on any atom is -0.456 e. The molecule has 0 spiro atoms. The van der Waals surface area contributed by atoms with Crippen LogP contribution < -0.4 is 4.90 Å². The Kier molecular flexibility index (Phi) is 7.57. The topological polar surface area (TPSA) is 26.2 Å². The number of aromatic nitrogens is 2. The largest absolute Gasteiger partial charge is 0.456 e. The molecule has 3 aromatic heterocycles. The van der Waals surface area contributed by atoms with Crippen LogP contribution in [0.4, 0.5) is 17.1 Å². The Hall–Kier alpha value is -8.34. The predicted molar refractivity (Wildman–Crippen MR) is 260 cm³/mol. The minimum atomic E-state index is 0.884. The van der Waals surface area contributed by atoms with Crippen molar-refractivity contribution in [2.45, 2.75) is 0 Å². The molecule has 4 nitrogen and oxygen atoms in total. The summed E-state index contributed by atoms with van der Waals surface area (Å²) in [6, 6.07) is 81.0. The molecule has 0 unspecified atom stereocenters. The van der Waals surface area contributed by atoms with Gasteiger partial charge in [0.1, 0.15) is 11.2 Å². The molecule has 0 fully saturated rings. The van der Waals surface area contributed by atoms with Crippen molar-refractivity contribution >= 4 is 93.4 Å². The van der Waals surface area contributed by atoms with Gasteiger partial charge in [-0.25, -0.2) is 0 Å². The lowest BCUT2D eigenvalue weighted by Crippen LogP contribution is -2.11. The summed E-state index contributed by atoms with van der Waals surface area (Å²) in [5.41, 5.74) is 14.3. The van der Waals surface area contributed by atoms with Crippen LogP contribution in [-0.2, 0) is 0 Å². The molecule has 13 aromatic rings. The second-order valence-electron chi connectivity index (χ2n) is 16.1. The van der Waals surface area contributed by atoms with Gasteiger partial charge in [-0.3, -0.25) is 0 Å². The molecule has 0 aliphatic rings. The van der Waals surface area contributed by atoms with Gasteiger partial charge in [0.15, 0.2) is 0 Å². The Bertz CT molecular complexity index is 3600. The third-order valence-electron chi connectivity index (χ3n) is 12.7. The van der Waals surface area contributed by atoms with E-state index in [0.29, 0.717) is 0 Å². The number of benzene rings is 10. The molecule has 0 saturated heterocycles. The zero-order chi connectivity index (χ0) is 40.7. The average Bonchev–Trinajstić information content (AvgIpc) is 3.99. The normalized spacial score (nSPS) is 11.9. The van der Waals surface area contributed by atoms with E-state index in [-0.39, 0.29) is 0 Å². The highest BCUT2D eigenvalue weighted by molar-refractivity contribution is 6.12. The Morgan fingerprint density at radius 2 is 0.758 bits per heavy atom. The quantitative estimate of drug-likeness (QED) is 0.168. The molecule has 3 heterocycles. The maximum absolute atomic E-state index is 6.44. The van der Waals surface area contributed by atoms with Gasteiger partial charge in [-0.15, -0.1) is 0 Å². The molecular weight excluding hydrogens is 755 g/mol. The van der Waals surface area contributed by atoms with Crippen molar-refractivity contribution in [3.8, 4) is 22.5 Å². The van der Waals surface area contributed by atoms with E-state index in [4.69, 9.17) is 4.42 Å². The fourth-order valence-corrected chi connectivity index (χ4v) is 9.87. The van der Waals surface area contributed by atoms with E-state index in [1.165, 1.54) is 54.4 Å². The molecule has 0 N–H and O–H groups in total. The lowest BCUT2D eigenvalue weighted by Gasteiger charge is -2.28. The van der Waals surface area contributed by atoms with Crippen LogP contribution in [0.2, 0.25) is 0 Å². The molecule has 0 saturated carbocycles. The number of furan rings is 1. The van der Waals surface area contributed by atoms with Gasteiger partial charge in [-0.1, -0.05) is 121 Å². The molecule has 10 aromatic carbocycles. The zero-order valence-corrected chi connectivity index (χ0v) is 33.6. The molecule has 13 rings (SSSR count). The van der Waals surface area contributed by atoms with E-state index < -0.39 is 0 Å². The van der Waals surface area contributed by atoms with Crippen molar-refractivity contribution in [2.75, 3.05) is 4.90 Å². The van der Waals surface area contributed by atoms with E-state index in [1.54, 1.807) is 0 Å². The monoisotopic (exact) mass is 791 g/mol. The zero-order valence-electron chi connectivity index (χ0n) is 33.6. The Balaban J connectivity index is 0.984. The molecule has 0 bridgehead atoms. The van der Waals surface area contributed by atoms with Crippen molar-refractivity contribution < 1.29 is 4.42 Å². The SMILES string of the molecule is c1ccc(N(c2ccc(-n3c4ccccc4c4ccccc43)cc2)c2ccc(-n3c4ccccc4c4ccccc43)cc2)c(-c2ccc3oc4cc5ccccc5cc4c3c2)c1. The summed E-state index contributed by atoms with van der Waals surface area (Å²) in [7, 11) is 0. The highest BCUT2D eigenvalue weighted by Crippen LogP contribution is 2.44. The number of hydrogen-bond acceptors (Lipinski definition) is 2. The van der Waals surface area contributed by atoms with Crippen LogP contribution in [0.15, 0.2) is 229 Å². The number of para-hydroxylation sites is 5. The number of hydrogen-bond donors (Lipinski definition) is 0. The summed E-state index contributed by atoms with van der Waals surface area (Å²) in [5, 5.41) is 9.61. The summed E-state index contributed by atoms with van der Waals surface area (Å²) >= 11 is 0. The van der Waals surface area contributed by atoms with Crippen LogP contribution >= 0.6 is 0 Å². The Labute approximate surface area is 357 Å². The molecule has 0 aliphatic heterocycles. The van der Waals surface area contributed by atoms with Crippen molar-refractivity contribution in [3.05, 3.63) is 224 Å². The lowest BCUT2D eigenvalue weighted by atomic mass is 9.99. The van der Waals surface area contributed by atoms with E-state index in [1.807, 2.05) is 0 Å². The van der Waals surface area contributed by atoms with E-state index in [0.717, 1.165) is 61.5 Å². The summed E-state index contributed by atoms with van der Waals surface area (Å²) < 4.78 is 11.2. The first-order valence-electron chi connectivity index (χ1n) is 21.2. The van der Waals surface area contributed by atoms with Gasteiger partial charge in [-0.2, -0.15) is 0 Å². The first-order valence-corrected chi connectivity index (χ1v) is 21.2. The Morgan fingerprint density at radius 1 is 0.323 bits per heavy atom. The van der Waals surface area contributed by atoms with Crippen molar-refractivity contribution in [2.24, 2.45) is 0 Å². The van der Waals surface area contributed by atoms with Gasteiger partial charge in [-0.05, 0) is 119 Å². The molecule has 62 heavy (non-hydrogen) atoms. The van der Waals surface area contributed by atoms with Crippen LogP contribution in [0.25, 0.3) is 98.8 Å². The maximum atomic E-state index is 6.44. The van der Waals surface area contributed by atoms with Crippen molar-refractivity contribution in [1.82, 2.24) is 9.13 Å². The molecule has 0 atom stereocenters. The second kappa shape index (κ2) is 13.6. The number of rotatable bonds is 6. The number of anilines is 3. The third kappa shape index (κ3) is 5.27. The summed E-state index contributed by atoms with van der Waals surface area (Å²) in [4.78, 5) is 2.39.